The third kappa shape index (κ3) is 5.58. The Labute approximate surface area is 101 Å². The van der Waals surface area contributed by atoms with Crippen molar-refractivity contribution in [2.75, 3.05) is 12.8 Å². The minimum Gasteiger partial charge on any atom is -0.395 e. The van der Waals surface area contributed by atoms with Crippen molar-refractivity contribution in [3.05, 3.63) is 33.1 Å². The van der Waals surface area contributed by atoms with E-state index < -0.39 is 25.0 Å². The minimum absolute atomic E-state index is 0.0749. The van der Waals surface area contributed by atoms with Crippen LogP contribution in [-0.4, -0.2) is 38.3 Å². The summed E-state index contributed by atoms with van der Waals surface area (Å²) in [5, 5.41) is 3.41. The second-order valence-corrected chi connectivity index (χ2v) is 5.05. The van der Waals surface area contributed by atoms with Gasteiger partial charge in [0.15, 0.2) is 0 Å². The summed E-state index contributed by atoms with van der Waals surface area (Å²) in [5.41, 5.74) is -1.07. The lowest BCUT2D eigenvalue weighted by Crippen LogP contribution is -2.28. The summed E-state index contributed by atoms with van der Waals surface area (Å²) < 4.78 is 11.6. The molecule has 1 aromatic heterocycles. The van der Waals surface area contributed by atoms with E-state index in [0.29, 0.717) is 0 Å². The molecule has 0 bridgehead atoms. The first-order valence-corrected chi connectivity index (χ1v) is 6.66. The number of oxime groups is 1. The monoisotopic (exact) mass is 277 g/mol. The maximum Gasteiger partial charge on any atom is 0.329 e. The van der Waals surface area contributed by atoms with Crippen molar-refractivity contribution >= 4 is 13.8 Å². The second kappa shape index (κ2) is 6.29. The highest BCUT2D eigenvalue weighted by atomic mass is 31.2. The van der Waals surface area contributed by atoms with E-state index in [4.69, 9.17) is 9.79 Å². The van der Waals surface area contributed by atoms with E-state index in [1.807, 2.05) is 0 Å². The summed E-state index contributed by atoms with van der Waals surface area (Å²) in [6.07, 6.45) is 2.10. The molecule has 0 aliphatic heterocycles. The van der Waals surface area contributed by atoms with Gasteiger partial charge in [0, 0.05) is 12.3 Å². The van der Waals surface area contributed by atoms with E-state index >= 15 is 0 Å². The summed E-state index contributed by atoms with van der Waals surface area (Å²) in [5.74, 6) is 0. The Morgan fingerprint density at radius 1 is 1.50 bits per heavy atom. The van der Waals surface area contributed by atoms with Gasteiger partial charge in [0.25, 0.3) is 5.56 Å². The molecule has 0 unspecified atom stereocenters. The molecule has 1 aromatic rings. The molecule has 0 spiro atoms. The minimum atomic E-state index is -4.08. The average molecular weight is 277 g/mol. The van der Waals surface area contributed by atoms with Crippen LogP contribution < -0.4 is 11.2 Å². The van der Waals surface area contributed by atoms with E-state index in [1.54, 1.807) is 0 Å². The highest BCUT2D eigenvalue weighted by Gasteiger charge is 2.11. The molecule has 0 radical (unpaired) electrons. The second-order valence-electron chi connectivity index (χ2n) is 3.27. The first-order chi connectivity index (χ1) is 8.38. The van der Waals surface area contributed by atoms with Crippen LogP contribution in [0.1, 0.15) is 0 Å². The summed E-state index contributed by atoms with van der Waals surface area (Å²) in [7, 11) is -4.08. The van der Waals surface area contributed by atoms with Crippen LogP contribution in [0.5, 0.6) is 0 Å². The molecule has 0 aromatic carbocycles. The third-order valence-electron chi connectivity index (χ3n) is 1.80. The Bertz CT molecular complexity index is 571. The Morgan fingerprint density at radius 2 is 2.22 bits per heavy atom. The SMILES string of the molecule is O=c1ccn(C/C=N/OCCP(=O)(O)O)c(=O)[nH]1. The largest absolute Gasteiger partial charge is 0.395 e. The van der Waals surface area contributed by atoms with Crippen molar-refractivity contribution in [2.24, 2.45) is 5.16 Å². The summed E-state index contributed by atoms with van der Waals surface area (Å²) in [4.78, 5) is 45.6. The lowest BCUT2D eigenvalue weighted by molar-refractivity contribution is 0.157. The van der Waals surface area contributed by atoms with Crippen LogP contribution in [0.15, 0.2) is 27.0 Å². The number of H-pyrrole nitrogens is 1. The maximum absolute atomic E-state index is 11.2. The van der Waals surface area contributed by atoms with Crippen LogP contribution in [0.2, 0.25) is 0 Å². The van der Waals surface area contributed by atoms with Crippen LogP contribution in [0.3, 0.4) is 0 Å². The van der Waals surface area contributed by atoms with Gasteiger partial charge in [-0.15, -0.1) is 0 Å². The van der Waals surface area contributed by atoms with Crippen molar-refractivity contribution < 1.29 is 19.2 Å². The predicted octanol–water partition coefficient (Wildman–Crippen LogP) is -1.28. The van der Waals surface area contributed by atoms with Gasteiger partial charge >= 0.3 is 13.3 Å². The van der Waals surface area contributed by atoms with Crippen molar-refractivity contribution in [1.29, 1.82) is 0 Å². The molecule has 10 heteroatoms. The molecule has 0 amide bonds. The van der Waals surface area contributed by atoms with Crippen LogP contribution in [-0.2, 0) is 15.9 Å². The van der Waals surface area contributed by atoms with Gasteiger partial charge in [-0.05, 0) is 0 Å². The molecular weight excluding hydrogens is 265 g/mol. The Morgan fingerprint density at radius 3 is 2.83 bits per heavy atom. The van der Waals surface area contributed by atoms with Gasteiger partial charge in [0.05, 0.1) is 18.9 Å². The molecule has 0 aliphatic carbocycles. The zero-order chi connectivity index (χ0) is 13.6. The highest BCUT2D eigenvalue weighted by Crippen LogP contribution is 2.33. The smallest absolute Gasteiger partial charge is 0.329 e. The Hall–Kier alpha value is -1.70. The van der Waals surface area contributed by atoms with Gasteiger partial charge in [-0.25, -0.2) is 4.79 Å². The molecule has 0 saturated heterocycles. The molecule has 100 valence electrons. The van der Waals surface area contributed by atoms with Gasteiger partial charge in [-0.3, -0.25) is 18.9 Å². The van der Waals surface area contributed by atoms with E-state index in [9.17, 15) is 14.2 Å². The first kappa shape index (κ1) is 14.4. The fourth-order valence-electron chi connectivity index (χ4n) is 0.974. The van der Waals surface area contributed by atoms with Crippen LogP contribution >= 0.6 is 7.60 Å². The van der Waals surface area contributed by atoms with Gasteiger partial charge in [-0.2, -0.15) is 0 Å². The molecule has 0 fully saturated rings. The lowest BCUT2D eigenvalue weighted by atomic mass is 10.6. The molecule has 1 rings (SSSR count). The zero-order valence-electron chi connectivity index (χ0n) is 9.22. The van der Waals surface area contributed by atoms with Crippen molar-refractivity contribution in [3.8, 4) is 0 Å². The molecule has 18 heavy (non-hydrogen) atoms. The zero-order valence-corrected chi connectivity index (χ0v) is 10.1. The Kier molecular flexibility index (Phi) is 5.02. The normalized spacial score (nSPS) is 11.9. The van der Waals surface area contributed by atoms with Gasteiger partial charge in [-0.1, -0.05) is 5.16 Å². The van der Waals surface area contributed by atoms with Crippen molar-refractivity contribution in [3.63, 3.8) is 0 Å². The number of nitrogens with zero attached hydrogens (tertiary/aromatic N) is 2. The van der Waals surface area contributed by atoms with E-state index in [0.717, 1.165) is 0 Å². The van der Waals surface area contributed by atoms with Gasteiger partial charge < -0.3 is 14.6 Å². The molecule has 1 heterocycles. The number of hydrogen-bond acceptors (Lipinski definition) is 5. The topological polar surface area (TPSA) is 134 Å². The molecule has 0 atom stereocenters. The quantitative estimate of drug-likeness (QED) is 0.256. The number of aromatic nitrogens is 2. The van der Waals surface area contributed by atoms with Crippen molar-refractivity contribution in [1.82, 2.24) is 9.55 Å². The molecule has 9 nitrogen and oxygen atoms in total. The molecular formula is C8H12N3O6P. The molecule has 0 saturated carbocycles. The average Bonchev–Trinajstić information content (AvgIpc) is 2.24. The first-order valence-electron chi connectivity index (χ1n) is 4.86. The predicted molar refractivity (Wildman–Crippen MR) is 62.7 cm³/mol. The summed E-state index contributed by atoms with van der Waals surface area (Å²) in [6.45, 7) is -0.146. The van der Waals surface area contributed by atoms with E-state index in [1.165, 1.54) is 23.0 Å². The molecule has 3 N–H and O–H groups in total. The van der Waals surface area contributed by atoms with Crippen LogP contribution in [0.4, 0.5) is 0 Å². The number of rotatable bonds is 6. The van der Waals surface area contributed by atoms with Gasteiger partial charge in [0.2, 0.25) is 0 Å². The van der Waals surface area contributed by atoms with Crippen LogP contribution in [0.25, 0.3) is 0 Å². The Balaban J connectivity index is 2.39. The molecule has 0 aliphatic rings. The van der Waals surface area contributed by atoms with Crippen LogP contribution in [0, 0.1) is 0 Å². The fourth-order valence-corrected chi connectivity index (χ4v) is 1.29. The summed E-state index contributed by atoms with van der Waals surface area (Å²) in [6, 6.07) is 1.18. The lowest BCUT2D eigenvalue weighted by Gasteiger charge is -2.02. The fraction of sp³-hybridized carbons (Fsp3) is 0.375. The number of hydrogen-bond donors (Lipinski definition) is 3. The number of nitrogens with one attached hydrogen (secondary N) is 1. The van der Waals surface area contributed by atoms with Crippen molar-refractivity contribution in [2.45, 2.75) is 6.54 Å². The van der Waals surface area contributed by atoms with E-state index in [-0.39, 0.29) is 13.2 Å². The van der Waals surface area contributed by atoms with E-state index in [2.05, 4.69) is 15.0 Å². The summed E-state index contributed by atoms with van der Waals surface area (Å²) >= 11 is 0. The maximum atomic E-state index is 11.2. The number of aromatic amines is 1. The third-order valence-corrected chi connectivity index (χ3v) is 2.56. The van der Waals surface area contributed by atoms with Gasteiger partial charge in [0.1, 0.15) is 6.61 Å². The highest BCUT2D eigenvalue weighted by molar-refractivity contribution is 7.51. The standard InChI is InChI=1S/C8H12N3O6P/c12-7-1-3-11(8(13)10-7)4-2-9-17-5-6-18(14,15)16/h1-3H,4-6H2,(H,10,12,13)(H2,14,15,16)/b9-2+.